The summed E-state index contributed by atoms with van der Waals surface area (Å²) in [4.78, 5) is 16.0. The Labute approximate surface area is 131 Å². The number of aromatic nitrogens is 1. The summed E-state index contributed by atoms with van der Waals surface area (Å²) in [6, 6.07) is 11.0. The Morgan fingerprint density at radius 2 is 1.95 bits per heavy atom. The summed E-state index contributed by atoms with van der Waals surface area (Å²) in [5.41, 5.74) is 1.42. The van der Waals surface area contributed by atoms with Gasteiger partial charge >= 0.3 is 5.97 Å². The minimum atomic E-state index is -1.15. The van der Waals surface area contributed by atoms with E-state index in [0.717, 1.165) is 0 Å². The topological polar surface area (TPSA) is 50.2 Å². The summed E-state index contributed by atoms with van der Waals surface area (Å²) < 4.78 is 14.2. The molecule has 0 spiro atoms. The van der Waals surface area contributed by atoms with Crippen molar-refractivity contribution in [1.82, 2.24) is 4.98 Å². The van der Waals surface area contributed by atoms with Gasteiger partial charge in [0, 0.05) is 21.5 Å². The van der Waals surface area contributed by atoms with E-state index < -0.39 is 11.8 Å². The standard InChI is InChI=1S/C17H11ClFNO2/c1-9-15(17(21)22)16(11-4-2-3-5-13(11)19)12-8-10(18)6-7-14(12)20-9/h2-8H,1H3,(H,21,22). The van der Waals surface area contributed by atoms with E-state index in [9.17, 15) is 14.3 Å². The fourth-order valence-corrected chi connectivity index (χ4v) is 2.74. The van der Waals surface area contributed by atoms with Gasteiger partial charge in [0.2, 0.25) is 0 Å². The Morgan fingerprint density at radius 1 is 1.23 bits per heavy atom. The molecule has 0 fully saturated rings. The molecule has 0 aliphatic rings. The number of benzene rings is 2. The second-order valence-corrected chi connectivity index (χ2v) is 5.33. The van der Waals surface area contributed by atoms with Crippen molar-refractivity contribution < 1.29 is 14.3 Å². The molecule has 0 amide bonds. The van der Waals surface area contributed by atoms with Crippen LogP contribution in [0.1, 0.15) is 16.1 Å². The van der Waals surface area contributed by atoms with Gasteiger partial charge in [-0.25, -0.2) is 9.18 Å². The molecule has 0 saturated heterocycles. The van der Waals surface area contributed by atoms with Crippen molar-refractivity contribution in [2.75, 3.05) is 0 Å². The highest BCUT2D eigenvalue weighted by Crippen LogP contribution is 2.35. The summed E-state index contributed by atoms with van der Waals surface area (Å²) in [6.07, 6.45) is 0. The van der Waals surface area contributed by atoms with E-state index in [1.807, 2.05) is 0 Å². The predicted octanol–water partition coefficient (Wildman–Crippen LogP) is 4.70. The van der Waals surface area contributed by atoms with Crippen LogP contribution in [0.5, 0.6) is 0 Å². The molecule has 110 valence electrons. The summed E-state index contributed by atoms with van der Waals surface area (Å²) in [7, 11) is 0. The molecule has 5 heteroatoms. The van der Waals surface area contributed by atoms with Crippen LogP contribution in [0, 0.1) is 12.7 Å². The maximum absolute atomic E-state index is 14.2. The molecule has 1 aromatic heterocycles. The molecule has 2 aromatic carbocycles. The quantitative estimate of drug-likeness (QED) is 0.745. The molecule has 0 aliphatic carbocycles. The normalized spacial score (nSPS) is 10.9. The van der Waals surface area contributed by atoms with Gasteiger partial charge in [0.15, 0.2) is 0 Å². The first-order valence-corrected chi connectivity index (χ1v) is 6.95. The number of halogens is 2. The third-order valence-electron chi connectivity index (χ3n) is 3.48. The zero-order chi connectivity index (χ0) is 15.9. The van der Waals surface area contributed by atoms with Crippen LogP contribution in [0.15, 0.2) is 42.5 Å². The monoisotopic (exact) mass is 315 g/mol. The van der Waals surface area contributed by atoms with Crippen molar-refractivity contribution in [3.05, 3.63) is 64.6 Å². The van der Waals surface area contributed by atoms with Gasteiger partial charge in [-0.1, -0.05) is 29.8 Å². The van der Waals surface area contributed by atoms with Crippen molar-refractivity contribution in [3.8, 4) is 11.1 Å². The predicted molar refractivity (Wildman–Crippen MR) is 83.8 cm³/mol. The molecule has 22 heavy (non-hydrogen) atoms. The summed E-state index contributed by atoms with van der Waals surface area (Å²) in [5.74, 6) is -1.64. The van der Waals surface area contributed by atoms with Crippen LogP contribution in [0.25, 0.3) is 22.0 Å². The van der Waals surface area contributed by atoms with Gasteiger partial charge in [-0.15, -0.1) is 0 Å². The van der Waals surface area contributed by atoms with Crippen LogP contribution in [-0.2, 0) is 0 Å². The maximum atomic E-state index is 14.2. The minimum Gasteiger partial charge on any atom is -0.478 e. The zero-order valence-electron chi connectivity index (χ0n) is 11.6. The van der Waals surface area contributed by atoms with E-state index >= 15 is 0 Å². The lowest BCUT2D eigenvalue weighted by molar-refractivity contribution is 0.0696. The molecule has 3 nitrogen and oxygen atoms in total. The Kier molecular flexibility index (Phi) is 3.54. The van der Waals surface area contributed by atoms with Crippen LogP contribution in [-0.4, -0.2) is 16.1 Å². The lowest BCUT2D eigenvalue weighted by Crippen LogP contribution is -2.06. The fourth-order valence-electron chi connectivity index (χ4n) is 2.56. The molecule has 0 unspecified atom stereocenters. The first kappa shape index (κ1) is 14.5. The molecule has 1 heterocycles. The zero-order valence-corrected chi connectivity index (χ0v) is 12.4. The smallest absolute Gasteiger partial charge is 0.338 e. The average molecular weight is 316 g/mol. The van der Waals surface area contributed by atoms with E-state index in [1.165, 1.54) is 6.07 Å². The number of nitrogens with zero attached hydrogens (tertiary/aromatic N) is 1. The minimum absolute atomic E-state index is 0.0140. The van der Waals surface area contributed by atoms with Crippen LogP contribution < -0.4 is 0 Å². The SMILES string of the molecule is Cc1nc2ccc(Cl)cc2c(-c2ccccc2F)c1C(=O)O. The first-order valence-electron chi connectivity index (χ1n) is 6.57. The highest BCUT2D eigenvalue weighted by molar-refractivity contribution is 6.31. The highest BCUT2D eigenvalue weighted by Gasteiger charge is 2.21. The Hall–Kier alpha value is -2.46. The third kappa shape index (κ3) is 2.31. The summed E-state index contributed by atoms with van der Waals surface area (Å²) >= 11 is 6.02. The largest absolute Gasteiger partial charge is 0.478 e. The molecule has 3 rings (SSSR count). The van der Waals surface area contributed by atoms with E-state index in [0.29, 0.717) is 27.2 Å². The van der Waals surface area contributed by atoms with E-state index in [-0.39, 0.29) is 11.1 Å². The third-order valence-corrected chi connectivity index (χ3v) is 3.72. The molecule has 3 aromatic rings. The van der Waals surface area contributed by atoms with E-state index in [4.69, 9.17) is 11.6 Å². The van der Waals surface area contributed by atoms with Crippen molar-refractivity contribution in [1.29, 1.82) is 0 Å². The molecular formula is C17H11ClFNO2. The van der Waals surface area contributed by atoms with E-state index in [1.54, 1.807) is 43.3 Å². The van der Waals surface area contributed by atoms with Crippen molar-refractivity contribution in [2.24, 2.45) is 0 Å². The van der Waals surface area contributed by atoms with Gasteiger partial charge in [0.25, 0.3) is 0 Å². The number of carbonyl (C=O) groups is 1. The van der Waals surface area contributed by atoms with Gasteiger partial charge < -0.3 is 5.11 Å². The summed E-state index contributed by atoms with van der Waals surface area (Å²) in [6.45, 7) is 1.60. The molecule has 0 bridgehead atoms. The van der Waals surface area contributed by atoms with Crippen LogP contribution in [0.3, 0.4) is 0 Å². The maximum Gasteiger partial charge on any atom is 0.338 e. The second kappa shape index (κ2) is 5.39. The van der Waals surface area contributed by atoms with Crippen molar-refractivity contribution >= 4 is 28.5 Å². The van der Waals surface area contributed by atoms with Gasteiger partial charge in [0.1, 0.15) is 5.82 Å². The number of carboxylic acids is 1. The molecule has 1 N–H and O–H groups in total. The van der Waals surface area contributed by atoms with E-state index in [2.05, 4.69) is 4.98 Å². The Morgan fingerprint density at radius 3 is 2.64 bits per heavy atom. The van der Waals surface area contributed by atoms with Crippen molar-refractivity contribution in [3.63, 3.8) is 0 Å². The fraction of sp³-hybridized carbons (Fsp3) is 0.0588. The lowest BCUT2D eigenvalue weighted by Gasteiger charge is -2.14. The van der Waals surface area contributed by atoms with Gasteiger partial charge in [-0.3, -0.25) is 4.98 Å². The number of rotatable bonds is 2. The number of carboxylic acid groups (broad SMARTS) is 1. The van der Waals surface area contributed by atoms with Crippen LogP contribution in [0.4, 0.5) is 4.39 Å². The number of aryl methyl sites for hydroxylation is 1. The molecule has 0 atom stereocenters. The Balaban J connectivity index is 2.53. The van der Waals surface area contributed by atoms with Crippen LogP contribution >= 0.6 is 11.6 Å². The van der Waals surface area contributed by atoms with Crippen LogP contribution in [0.2, 0.25) is 5.02 Å². The second-order valence-electron chi connectivity index (χ2n) is 4.89. The number of hydrogen-bond acceptors (Lipinski definition) is 2. The average Bonchev–Trinajstić information content (AvgIpc) is 2.47. The molecular weight excluding hydrogens is 305 g/mol. The highest BCUT2D eigenvalue weighted by atomic mass is 35.5. The number of pyridine rings is 1. The number of fused-ring (bicyclic) bond motifs is 1. The summed E-state index contributed by atoms with van der Waals surface area (Å²) in [5, 5.41) is 10.5. The number of aromatic carboxylic acids is 1. The Bertz CT molecular complexity index is 909. The number of hydrogen-bond donors (Lipinski definition) is 1. The van der Waals surface area contributed by atoms with Gasteiger partial charge in [-0.2, -0.15) is 0 Å². The molecule has 0 saturated carbocycles. The lowest BCUT2D eigenvalue weighted by atomic mass is 9.94. The first-order chi connectivity index (χ1) is 10.5. The van der Waals surface area contributed by atoms with Crippen molar-refractivity contribution in [2.45, 2.75) is 6.92 Å². The van der Waals surface area contributed by atoms with Gasteiger partial charge in [0.05, 0.1) is 16.8 Å². The molecule has 0 radical (unpaired) electrons. The molecule has 0 aliphatic heterocycles. The van der Waals surface area contributed by atoms with Gasteiger partial charge in [-0.05, 0) is 31.2 Å².